The summed E-state index contributed by atoms with van der Waals surface area (Å²) in [5.74, 6) is 0. The zero-order chi connectivity index (χ0) is 20.4. The van der Waals surface area contributed by atoms with Gasteiger partial charge in [0.2, 0.25) is 10.0 Å². The predicted molar refractivity (Wildman–Crippen MR) is 112 cm³/mol. The van der Waals surface area contributed by atoms with E-state index in [9.17, 15) is 16.8 Å². The van der Waals surface area contributed by atoms with Crippen molar-refractivity contribution in [1.82, 2.24) is 4.72 Å². The number of hydrogen-bond donors (Lipinski definition) is 1. The summed E-state index contributed by atoms with van der Waals surface area (Å²) in [5, 5.41) is 0.775. The molecule has 0 spiro atoms. The summed E-state index contributed by atoms with van der Waals surface area (Å²) in [6.45, 7) is 3.28. The molecule has 0 amide bonds. The highest BCUT2D eigenvalue weighted by Gasteiger charge is 2.31. The molecular weight excluding hydrogens is 414 g/mol. The Morgan fingerprint density at radius 3 is 2.29 bits per heavy atom. The number of hydrogen-bond acceptors (Lipinski definition) is 5. The van der Waals surface area contributed by atoms with Gasteiger partial charge in [0.05, 0.1) is 9.79 Å². The van der Waals surface area contributed by atoms with Gasteiger partial charge in [0.15, 0.2) is 9.84 Å². The van der Waals surface area contributed by atoms with E-state index in [1.807, 2.05) is 13.0 Å². The number of sulfone groups is 1. The van der Waals surface area contributed by atoms with Crippen LogP contribution in [0.4, 0.5) is 0 Å². The molecular formula is C20H21NO4S3. The first-order valence-corrected chi connectivity index (χ1v) is 12.5. The van der Waals surface area contributed by atoms with Crippen LogP contribution in [0.1, 0.15) is 21.3 Å². The van der Waals surface area contributed by atoms with Gasteiger partial charge in [-0.3, -0.25) is 0 Å². The van der Waals surface area contributed by atoms with E-state index in [2.05, 4.69) is 4.72 Å². The lowest BCUT2D eigenvalue weighted by atomic mass is 10.2. The Hall–Kier alpha value is -2.00. The van der Waals surface area contributed by atoms with Crippen molar-refractivity contribution in [2.24, 2.45) is 0 Å². The SMILES string of the molecule is Cc1ccc(C)c(S(=O)(=O)NC[C@@H](c2cccs2)S(=O)(=O)c2ccccc2)c1. The van der Waals surface area contributed by atoms with Crippen LogP contribution in [0.3, 0.4) is 0 Å². The Morgan fingerprint density at radius 2 is 1.64 bits per heavy atom. The van der Waals surface area contributed by atoms with E-state index in [0.29, 0.717) is 10.4 Å². The van der Waals surface area contributed by atoms with E-state index >= 15 is 0 Å². The summed E-state index contributed by atoms with van der Waals surface area (Å²) < 4.78 is 54.5. The highest BCUT2D eigenvalue weighted by molar-refractivity contribution is 7.92. The summed E-state index contributed by atoms with van der Waals surface area (Å²) in [7, 11) is -7.62. The minimum atomic E-state index is -3.85. The number of aryl methyl sites for hydroxylation is 2. The maximum absolute atomic E-state index is 13.2. The number of thiophene rings is 1. The van der Waals surface area contributed by atoms with E-state index < -0.39 is 25.1 Å². The zero-order valence-electron chi connectivity index (χ0n) is 15.5. The van der Waals surface area contributed by atoms with Crippen molar-refractivity contribution in [3.05, 3.63) is 82.0 Å². The highest BCUT2D eigenvalue weighted by Crippen LogP contribution is 2.31. The van der Waals surface area contributed by atoms with E-state index in [1.54, 1.807) is 54.8 Å². The third kappa shape index (κ3) is 4.35. The number of rotatable bonds is 7. The van der Waals surface area contributed by atoms with Crippen molar-refractivity contribution in [2.75, 3.05) is 6.54 Å². The second kappa shape index (κ2) is 8.16. The van der Waals surface area contributed by atoms with E-state index in [4.69, 9.17) is 0 Å². The monoisotopic (exact) mass is 435 g/mol. The van der Waals surface area contributed by atoms with Gasteiger partial charge in [-0.2, -0.15) is 0 Å². The molecule has 0 aliphatic rings. The average Bonchev–Trinajstić information content (AvgIpc) is 3.18. The second-order valence-corrected chi connectivity index (χ2v) is 11.3. The van der Waals surface area contributed by atoms with Crippen molar-refractivity contribution in [3.8, 4) is 0 Å². The van der Waals surface area contributed by atoms with Crippen molar-refractivity contribution in [2.45, 2.75) is 28.9 Å². The number of sulfonamides is 1. The first-order chi connectivity index (χ1) is 13.2. The maximum Gasteiger partial charge on any atom is 0.240 e. The van der Waals surface area contributed by atoms with Gasteiger partial charge in [0.1, 0.15) is 5.25 Å². The smallest absolute Gasteiger partial charge is 0.223 e. The molecule has 0 saturated carbocycles. The molecule has 0 fully saturated rings. The molecule has 0 aliphatic carbocycles. The molecule has 1 heterocycles. The fourth-order valence-electron chi connectivity index (χ4n) is 2.87. The third-order valence-corrected chi connectivity index (χ3v) is 9.20. The summed E-state index contributed by atoms with van der Waals surface area (Å²) >= 11 is 1.29. The molecule has 2 aromatic carbocycles. The molecule has 0 bridgehead atoms. The average molecular weight is 436 g/mol. The largest absolute Gasteiger partial charge is 0.240 e. The van der Waals surface area contributed by atoms with Crippen molar-refractivity contribution in [3.63, 3.8) is 0 Å². The Morgan fingerprint density at radius 1 is 0.929 bits per heavy atom. The third-order valence-electron chi connectivity index (χ3n) is 4.40. The molecule has 8 heteroatoms. The lowest BCUT2D eigenvalue weighted by Gasteiger charge is -2.18. The maximum atomic E-state index is 13.2. The highest BCUT2D eigenvalue weighted by atomic mass is 32.2. The summed E-state index contributed by atoms with van der Waals surface area (Å²) in [5.41, 5.74) is 1.43. The van der Waals surface area contributed by atoms with Gasteiger partial charge in [-0.05, 0) is 54.6 Å². The molecule has 148 valence electrons. The van der Waals surface area contributed by atoms with Crippen molar-refractivity contribution < 1.29 is 16.8 Å². The Bertz CT molecular complexity index is 1150. The molecule has 1 aromatic heterocycles. The Labute approximate surface area is 170 Å². The van der Waals surface area contributed by atoms with Crippen LogP contribution in [0.2, 0.25) is 0 Å². The van der Waals surface area contributed by atoms with Gasteiger partial charge in [-0.15, -0.1) is 11.3 Å². The lowest BCUT2D eigenvalue weighted by Crippen LogP contribution is -2.32. The lowest BCUT2D eigenvalue weighted by molar-refractivity contribution is 0.569. The van der Waals surface area contributed by atoms with Crippen LogP contribution in [0, 0.1) is 13.8 Å². The fraction of sp³-hybridized carbons (Fsp3) is 0.200. The van der Waals surface area contributed by atoms with E-state index in [1.165, 1.54) is 23.5 Å². The van der Waals surface area contributed by atoms with Gasteiger partial charge in [0.25, 0.3) is 0 Å². The van der Waals surface area contributed by atoms with E-state index in [0.717, 1.165) is 5.56 Å². The normalized spacial score (nSPS) is 13.4. The summed E-state index contributed by atoms with van der Waals surface area (Å²) in [6, 6.07) is 16.7. The van der Waals surface area contributed by atoms with Gasteiger partial charge in [-0.25, -0.2) is 21.6 Å². The van der Waals surface area contributed by atoms with Gasteiger partial charge >= 0.3 is 0 Å². The molecule has 0 saturated heterocycles. The molecule has 0 unspecified atom stereocenters. The first-order valence-electron chi connectivity index (χ1n) is 8.61. The Balaban J connectivity index is 1.95. The first kappa shape index (κ1) is 20.7. The Kier molecular flexibility index (Phi) is 6.04. The zero-order valence-corrected chi connectivity index (χ0v) is 17.9. The summed E-state index contributed by atoms with van der Waals surface area (Å²) in [4.78, 5) is 0.918. The molecule has 28 heavy (non-hydrogen) atoms. The van der Waals surface area contributed by atoms with Crippen LogP contribution in [0.25, 0.3) is 0 Å². The van der Waals surface area contributed by atoms with E-state index in [-0.39, 0.29) is 16.3 Å². The quantitative estimate of drug-likeness (QED) is 0.611. The minimum absolute atomic E-state index is 0.162. The van der Waals surface area contributed by atoms with Gasteiger partial charge in [-0.1, -0.05) is 36.4 Å². The van der Waals surface area contributed by atoms with Crippen molar-refractivity contribution >= 4 is 31.2 Å². The topological polar surface area (TPSA) is 80.3 Å². The molecule has 0 radical (unpaired) electrons. The number of benzene rings is 2. The van der Waals surface area contributed by atoms with Crippen LogP contribution in [-0.2, 0) is 19.9 Å². The second-order valence-electron chi connectivity index (χ2n) is 6.48. The molecule has 5 nitrogen and oxygen atoms in total. The predicted octanol–water partition coefficient (Wildman–Crippen LogP) is 3.86. The molecule has 3 rings (SSSR count). The summed E-state index contributed by atoms with van der Waals surface area (Å²) in [6.07, 6.45) is 0. The van der Waals surface area contributed by atoms with Crippen LogP contribution >= 0.6 is 11.3 Å². The molecule has 1 atom stereocenters. The van der Waals surface area contributed by atoms with Crippen LogP contribution in [0.15, 0.2) is 75.8 Å². The van der Waals surface area contributed by atoms with Gasteiger partial charge < -0.3 is 0 Å². The van der Waals surface area contributed by atoms with Crippen LogP contribution in [0.5, 0.6) is 0 Å². The molecule has 1 N–H and O–H groups in total. The molecule has 0 aliphatic heterocycles. The van der Waals surface area contributed by atoms with Crippen molar-refractivity contribution in [1.29, 1.82) is 0 Å². The van der Waals surface area contributed by atoms with Crippen LogP contribution < -0.4 is 4.72 Å². The standard InChI is InChI=1S/C20H21NO4S3/c1-15-10-11-16(2)19(13-15)28(24,25)21-14-20(18-9-6-12-26-18)27(22,23)17-7-4-3-5-8-17/h3-13,20-21H,14H2,1-2H3/t20-/m0/s1. The minimum Gasteiger partial charge on any atom is -0.223 e. The fourth-order valence-corrected chi connectivity index (χ4v) is 7.16. The van der Waals surface area contributed by atoms with Gasteiger partial charge in [0, 0.05) is 11.4 Å². The molecule has 3 aromatic rings. The number of nitrogens with one attached hydrogen (secondary N) is 1. The van der Waals surface area contributed by atoms with Crippen LogP contribution in [-0.4, -0.2) is 23.4 Å².